The van der Waals surface area contributed by atoms with Gasteiger partial charge < -0.3 is 10.2 Å². The number of piperidine rings is 2. The number of rotatable bonds is 4. The number of piperazine rings is 1. The number of nitrogens with zero attached hydrogens (tertiary/aromatic N) is 4. The number of hydrogen-bond donors (Lipinski definition) is 1. The first kappa shape index (κ1) is 23.7. The number of benzene rings is 2. The van der Waals surface area contributed by atoms with E-state index in [0.29, 0.717) is 22.6 Å². The number of carbonyl (C=O) groups excluding carboxylic acids is 1. The summed E-state index contributed by atoms with van der Waals surface area (Å²) < 4.78 is 15.8. The van der Waals surface area contributed by atoms with Crippen LogP contribution in [0.15, 0.2) is 66.0 Å². The highest BCUT2D eigenvalue weighted by Gasteiger charge is 2.30. The normalized spacial score (nSPS) is 19.4. The van der Waals surface area contributed by atoms with E-state index >= 15 is 0 Å². The Balaban J connectivity index is 0.000000234. The van der Waals surface area contributed by atoms with E-state index in [9.17, 15) is 9.18 Å². The molecule has 0 radical (unpaired) electrons. The van der Waals surface area contributed by atoms with E-state index in [-0.39, 0.29) is 5.82 Å². The molecule has 2 unspecified atom stereocenters. The third-order valence-corrected chi connectivity index (χ3v) is 7.58. The molecule has 2 bridgehead atoms. The highest BCUT2D eigenvalue weighted by Crippen LogP contribution is 2.31. The number of halogens is 1. The maximum Gasteiger partial charge on any atom is 0.234 e. The van der Waals surface area contributed by atoms with E-state index in [1.54, 1.807) is 48.4 Å². The lowest BCUT2D eigenvalue weighted by Crippen LogP contribution is -2.59. The Labute approximate surface area is 208 Å². The summed E-state index contributed by atoms with van der Waals surface area (Å²) in [7, 11) is 2.23. The van der Waals surface area contributed by atoms with E-state index < -0.39 is 0 Å². The average Bonchev–Trinajstić information content (AvgIpc) is 3.28. The van der Waals surface area contributed by atoms with Crippen LogP contribution in [0.5, 0.6) is 0 Å². The van der Waals surface area contributed by atoms with Crippen molar-refractivity contribution < 1.29 is 9.18 Å². The summed E-state index contributed by atoms with van der Waals surface area (Å²) >= 11 is 1.61. The zero-order valence-corrected chi connectivity index (χ0v) is 20.6. The third kappa shape index (κ3) is 4.87. The highest BCUT2D eigenvalue weighted by atomic mass is 32.2. The van der Waals surface area contributed by atoms with E-state index in [0.717, 1.165) is 34.2 Å². The molecule has 4 aromatic rings. The minimum atomic E-state index is -0.310. The quantitative estimate of drug-likeness (QED) is 0.328. The van der Waals surface area contributed by atoms with Crippen molar-refractivity contribution in [3.05, 3.63) is 72.4 Å². The summed E-state index contributed by atoms with van der Waals surface area (Å²) in [6.45, 7) is 2.49. The Morgan fingerprint density at radius 1 is 1.14 bits per heavy atom. The summed E-state index contributed by atoms with van der Waals surface area (Å²) in [6.07, 6.45) is 10.8. The molecule has 0 amide bonds. The molecule has 3 saturated heterocycles. The van der Waals surface area contributed by atoms with Crippen LogP contribution in [-0.4, -0.2) is 64.2 Å². The molecule has 35 heavy (non-hydrogen) atoms. The maximum atomic E-state index is 13.9. The molecule has 5 heterocycles. The van der Waals surface area contributed by atoms with Crippen molar-refractivity contribution in [3.8, 4) is 17.1 Å². The van der Waals surface area contributed by atoms with Crippen LogP contribution in [0.25, 0.3) is 28.0 Å². The van der Waals surface area contributed by atoms with Gasteiger partial charge in [-0.3, -0.25) is 9.36 Å². The van der Waals surface area contributed by atoms with Crippen LogP contribution in [0.1, 0.15) is 23.2 Å². The second kappa shape index (κ2) is 10.3. The molecular weight excluding hydrogens is 461 g/mol. The average molecular weight is 490 g/mol. The fraction of sp³-hybridized carbons (Fsp3) is 0.296. The monoisotopic (exact) mass is 489 g/mol. The van der Waals surface area contributed by atoms with Gasteiger partial charge in [0.25, 0.3) is 0 Å². The van der Waals surface area contributed by atoms with Crippen molar-refractivity contribution in [2.24, 2.45) is 0 Å². The zero-order chi connectivity index (χ0) is 24.4. The fourth-order valence-electron chi connectivity index (χ4n) is 4.82. The predicted molar refractivity (Wildman–Crippen MR) is 139 cm³/mol. The minimum Gasteiger partial charge on any atom is -0.311 e. The molecule has 3 fully saturated rings. The van der Waals surface area contributed by atoms with E-state index in [1.807, 2.05) is 29.2 Å². The Bertz CT molecular complexity index is 1330. The van der Waals surface area contributed by atoms with Gasteiger partial charge in [-0.05, 0) is 38.3 Å². The lowest BCUT2D eigenvalue weighted by molar-refractivity contribution is 0.101. The Morgan fingerprint density at radius 2 is 1.94 bits per heavy atom. The molecule has 1 N–H and O–H groups in total. The van der Waals surface area contributed by atoms with Gasteiger partial charge in [0.05, 0.1) is 5.52 Å². The fourth-order valence-corrected chi connectivity index (χ4v) is 5.43. The summed E-state index contributed by atoms with van der Waals surface area (Å²) in [5.41, 5.74) is 2.52. The van der Waals surface area contributed by atoms with Crippen molar-refractivity contribution in [2.75, 3.05) is 26.4 Å². The molecule has 8 heteroatoms. The molecule has 0 aliphatic carbocycles. The van der Waals surface area contributed by atoms with Gasteiger partial charge in [-0.15, -0.1) is 11.8 Å². The number of aromatic nitrogens is 3. The number of carbonyl (C=O) groups is 1. The maximum absolute atomic E-state index is 13.9. The Hall–Kier alpha value is -3.07. The minimum absolute atomic E-state index is 0.310. The number of aldehydes is 1. The summed E-state index contributed by atoms with van der Waals surface area (Å²) in [4.78, 5) is 23.5. The Morgan fingerprint density at radius 3 is 2.51 bits per heavy atom. The van der Waals surface area contributed by atoms with Crippen molar-refractivity contribution >= 4 is 29.0 Å². The van der Waals surface area contributed by atoms with Crippen LogP contribution < -0.4 is 5.32 Å². The van der Waals surface area contributed by atoms with Gasteiger partial charge in [-0.2, -0.15) is 0 Å². The first-order chi connectivity index (χ1) is 17.1. The van der Waals surface area contributed by atoms with Crippen LogP contribution in [0.4, 0.5) is 4.39 Å². The first-order valence-corrected chi connectivity index (χ1v) is 12.9. The summed E-state index contributed by atoms with van der Waals surface area (Å²) in [5.74, 6) is 0.161. The van der Waals surface area contributed by atoms with Gasteiger partial charge in [0.15, 0.2) is 0 Å². The van der Waals surface area contributed by atoms with Gasteiger partial charge in [0.2, 0.25) is 5.95 Å². The van der Waals surface area contributed by atoms with Crippen LogP contribution in [-0.2, 0) is 0 Å². The molecule has 3 aliphatic rings. The third-order valence-electron chi connectivity index (χ3n) is 6.81. The lowest BCUT2D eigenvalue weighted by Gasteiger charge is -2.44. The van der Waals surface area contributed by atoms with Crippen molar-refractivity contribution in [1.29, 1.82) is 0 Å². The molecule has 0 saturated carbocycles. The highest BCUT2D eigenvalue weighted by molar-refractivity contribution is 7.98. The smallest absolute Gasteiger partial charge is 0.234 e. The van der Waals surface area contributed by atoms with E-state index in [2.05, 4.69) is 27.2 Å². The van der Waals surface area contributed by atoms with Crippen LogP contribution in [0.3, 0.4) is 0 Å². The number of likely N-dealkylation sites (N-methyl/N-ethyl adjacent to an activating group) is 1. The molecule has 2 atom stereocenters. The largest absolute Gasteiger partial charge is 0.311 e. The summed E-state index contributed by atoms with van der Waals surface area (Å²) in [6, 6.07) is 13.7. The topological polar surface area (TPSA) is 63.1 Å². The molecule has 3 aliphatic heterocycles. The second-order valence-electron chi connectivity index (χ2n) is 8.99. The van der Waals surface area contributed by atoms with Gasteiger partial charge in [-0.1, -0.05) is 30.3 Å². The second-order valence-corrected chi connectivity index (χ2v) is 9.84. The molecule has 2 aromatic carbocycles. The van der Waals surface area contributed by atoms with Crippen molar-refractivity contribution in [3.63, 3.8) is 0 Å². The van der Waals surface area contributed by atoms with Gasteiger partial charge in [0.1, 0.15) is 12.1 Å². The van der Waals surface area contributed by atoms with Crippen LogP contribution in [0, 0.1) is 5.82 Å². The molecule has 7 rings (SSSR count). The molecule has 0 spiro atoms. The SMILES string of the molecule is CN1CC2CCC1CN2.CSc1cn(-c2ncc(-c3ccccc3F)cn2)c2cc(C=O)ccc12. The molecular formula is C27H28FN5OS. The standard InChI is InChI=1S/C20H14FN3OS.C7H14N2/c1-26-19-11-24(18-8-13(12-25)6-7-16(18)19)20-22-9-14(10-23-20)15-4-2-3-5-17(15)21;1-9-5-6-2-3-7(9)4-8-6/h2-12H,1H3;6-8H,2-5H2,1H3. The van der Waals surface area contributed by atoms with Crippen LogP contribution >= 0.6 is 11.8 Å². The lowest BCUT2D eigenvalue weighted by atomic mass is 9.94. The first-order valence-electron chi connectivity index (χ1n) is 11.7. The Kier molecular flexibility index (Phi) is 6.95. The van der Waals surface area contributed by atoms with Crippen LogP contribution in [0.2, 0.25) is 0 Å². The van der Waals surface area contributed by atoms with Gasteiger partial charge >= 0.3 is 0 Å². The number of thioether (sulfide) groups is 1. The number of hydrogen-bond acceptors (Lipinski definition) is 6. The van der Waals surface area contributed by atoms with Crippen molar-refractivity contribution in [2.45, 2.75) is 29.8 Å². The van der Waals surface area contributed by atoms with E-state index in [4.69, 9.17) is 0 Å². The van der Waals surface area contributed by atoms with Crippen molar-refractivity contribution in [1.82, 2.24) is 24.8 Å². The molecule has 2 aromatic heterocycles. The van der Waals surface area contributed by atoms with Gasteiger partial charge in [-0.25, -0.2) is 14.4 Å². The van der Waals surface area contributed by atoms with E-state index in [1.165, 1.54) is 32.0 Å². The molecule has 6 nitrogen and oxygen atoms in total. The van der Waals surface area contributed by atoms with Gasteiger partial charge in [0, 0.05) is 70.7 Å². The summed E-state index contributed by atoms with van der Waals surface area (Å²) in [5, 5.41) is 4.54. The zero-order valence-electron chi connectivity index (χ0n) is 19.8. The molecule has 180 valence electrons. The number of nitrogens with one attached hydrogen (secondary N) is 1. The number of fused-ring (bicyclic) bond motifs is 4. The predicted octanol–water partition coefficient (Wildman–Crippen LogP) is 4.81.